The van der Waals surface area contributed by atoms with E-state index in [1.807, 2.05) is 0 Å². The van der Waals surface area contributed by atoms with Crippen LogP contribution in [-0.4, -0.2) is 47.7 Å². The molecule has 0 aliphatic heterocycles. The minimum absolute atomic E-state index is 0.0221. The van der Waals surface area contributed by atoms with E-state index in [0.717, 1.165) is 5.56 Å². The molecule has 0 aliphatic carbocycles. The van der Waals surface area contributed by atoms with Crippen LogP contribution >= 0.6 is 0 Å². The van der Waals surface area contributed by atoms with Crippen LogP contribution in [0.1, 0.15) is 5.56 Å². The summed E-state index contributed by atoms with van der Waals surface area (Å²) in [6.45, 7) is 1.93. The molecule has 7 nitrogen and oxygen atoms in total. The minimum Gasteiger partial charge on any atom is -0.461 e. The number of carbonyl (C=O) groups is 1. The van der Waals surface area contributed by atoms with Gasteiger partial charge in [0.25, 0.3) is 0 Å². The predicted octanol–water partition coefficient (Wildman–Crippen LogP) is 1.50. The van der Waals surface area contributed by atoms with Gasteiger partial charge in [-0.1, -0.05) is 6.07 Å². The molecule has 0 atom stereocenters. The monoisotopic (exact) mass is 323 g/mol. The molecule has 2 aromatic rings. The fourth-order valence-corrected chi connectivity index (χ4v) is 1.86. The number of halogens is 1. The van der Waals surface area contributed by atoms with Crippen molar-refractivity contribution in [3.63, 3.8) is 0 Å². The van der Waals surface area contributed by atoms with Crippen molar-refractivity contribution in [2.24, 2.45) is 7.05 Å². The molecule has 0 saturated carbocycles. The van der Waals surface area contributed by atoms with Gasteiger partial charge in [-0.2, -0.15) is 4.98 Å². The molecule has 1 heterocycles. The minimum atomic E-state index is -0.558. The Morgan fingerprint density at radius 1 is 1.35 bits per heavy atom. The maximum absolute atomic E-state index is 14.0. The summed E-state index contributed by atoms with van der Waals surface area (Å²) in [5.74, 6) is -0.645. The quantitative estimate of drug-likeness (QED) is 0.568. The van der Waals surface area contributed by atoms with E-state index < -0.39 is 11.8 Å². The molecular weight excluding hydrogens is 305 g/mol. The van der Waals surface area contributed by atoms with Crippen molar-refractivity contribution >= 4 is 5.97 Å². The zero-order valence-electron chi connectivity index (χ0n) is 13.2. The molecule has 0 amide bonds. The first-order chi connectivity index (χ1) is 11.0. The number of benzene rings is 1. The number of hydrogen-bond donors (Lipinski definition) is 0. The highest BCUT2D eigenvalue weighted by Crippen LogP contribution is 2.23. The number of aryl methyl sites for hydroxylation is 2. The Balaban J connectivity index is 2.02. The maximum Gasteiger partial charge on any atom is 0.344 e. The molecule has 0 unspecified atom stereocenters. The topological polar surface area (TPSA) is 75.5 Å². The molecular formula is C15H18FN3O4. The van der Waals surface area contributed by atoms with Crippen molar-refractivity contribution in [2.75, 3.05) is 26.9 Å². The zero-order chi connectivity index (χ0) is 16.8. The molecule has 23 heavy (non-hydrogen) atoms. The summed E-state index contributed by atoms with van der Waals surface area (Å²) < 4.78 is 30.2. The molecule has 1 aromatic carbocycles. The second-order valence-electron chi connectivity index (χ2n) is 4.83. The van der Waals surface area contributed by atoms with E-state index >= 15 is 0 Å². The Hall–Kier alpha value is -2.48. The Bertz CT molecular complexity index is 687. The lowest BCUT2D eigenvalue weighted by molar-refractivity contribution is -0.147. The highest BCUT2D eigenvalue weighted by molar-refractivity contribution is 5.71. The Labute approximate surface area is 133 Å². The summed E-state index contributed by atoms with van der Waals surface area (Å²) in [6.07, 6.45) is 0. The lowest BCUT2D eigenvalue weighted by Gasteiger charge is -2.03. The molecule has 0 N–H and O–H groups in total. The van der Waals surface area contributed by atoms with Gasteiger partial charge in [-0.15, -0.1) is 5.10 Å². The normalized spacial score (nSPS) is 10.6. The van der Waals surface area contributed by atoms with Crippen LogP contribution in [0.3, 0.4) is 0 Å². The van der Waals surface area contributed by atoms with Crippen LogP contribution in [-0.2, 0) is 21.3 Å². The lowest BCUT2D eigenvalue weighted by atomic mass is 10.1. The van der Waals surface area contributed by atoms with E-state index in [9.17, 15) is 9.18 Å². The summed E-state index contributed by atoms with van der Waals surface area (Å²) in [5, 5.41) is 4.00. The van der Waals surface area contributed by atoms with Crippen LogP contribution in [0.2, 0.25) is 0 Å². The summed E-state index contributed by atoms with van der Waals surface area (Å²) in [6, 6.07) is 4.79. The number of esters is 1. The Morgan fingerprint density at radius 3 is 2.83 bits per heavy atom. The smallest absolute Gasteiger partial charge is 0.344 e. The fraction of sp³-hybridized carbons (Fsp3) is 0.400. The van der Waals surface area contributed by atoms with Crippen molar-refractivity contribution in [1.82, 2.24) is 14.8 Å². The van der Waals surface area contributed by atoms with Gasteiger partial charge in [0.15, 0.2) is 12.4 Å². The maximum atomic E-state index is 14.0. The van der Waals surface area contributed by atoms with Gasteiger partial charge >= 0.3 is 12.0 Å². The van der Waals surface area contributed by atoms with Gasteiger partial charge in [-0.25, -0.2) is 13.9 Å². The first-order valence-electron chi connectivity index (χ1n) is 6.96. The summed E-state index contributed by atoms with van der Waals surface area (Å²) in [5.41, 5.74) is 1.12. The van der Waals surface area contributed by atoms with Gasteiger partial charge in [-0.3, -0.25) is 0 Å². The number of aromatic nitrogens is 3. The van der Waals surface area contributed by atoms with E-state index in [4.69, 9.17) is 14.2 Å². The highest BCUT2D eigenvalue weighted by atomic mass is 19.1. The van der Waals surface area contributed by atoms with Crippen LogP contribution in [0.5, 0.6) is 6.01 Å². The number of carbonyl (C=O) groups excluding carboxylic acids is 1. The Kier molecular flexibility index (Phi) is 5.64. The number of nitrogens with zero attached hydrogens (tertiary/aromatic N) is 3. The lowest BCUT2D eigenvalue weighted by Crippen LogP contribution is -2.17. The standard InChI is InChI=1S/C15H18FN3O4/c1-10-4-5-11(12(16)8-10)14-17-15(18-19(14)2)23-9-13(20)22-7-6-21-3/h4-5,8H,6-7,9H2,1-3H3. The second-order valence-corrected chi connectivity index (χ2v) is 4.83. The van der Waals surface area contributed by atoms with Gasteiger partial charge in [-0.05, 0) is 24.6 Å². The molecule has 0 radical (unpaired) electrons. The SMILES string of the molecule is COCCOC(=O)COc1nc(-c2ccc(C)cc2F)n(C)n1. The third-order valence-electron chi connectivity index (χ3n) is 2.98. The second kappa shape index (κ2) is 7.68. The van der Waals surface area contributed by atoms with Crippen LogP contribution in [0.15, 0.2) is 18.2 Å². The third-order valence-corrected chi connectivity index (χ3v) is 2.98. The van der Waals surface area contributed by atoms with Crippen LogP contribution in [0.25, 0.3) is 11.4 Å². The highest BCUT2D eigenvalue weighted by Gasteiger charge is 2.15. The van der Waals surface area contributed by atoms with Crippen molar-refractivity contribution in [2.45, 2.75) is 6.92 Å². The largest absolute Gasteiger partial charge is 0.461 e. The van der Waals surface area contributed by atoms with Crippen molar-refractivity contribution in [1.29, 1.82) is 0 Å². The van der Waals surface area contributed by atoms with Crippen LogP contribution < -0.4 is 4.74 Å². The van der Waals surface area contributed by atoms with E-state index in [1.165, 1.54) is 17.9 Å². The van der Waals surface area contributed by atoms with Gasteiger partial charge in [0.1, 0.15) is 12.4 Å². The summed E-state index contributed by atoms with van der Waals surface area (Å²) >= 11 is 0. The third kappa shape index (κ3) is 4.49. The zero-order valence-corrected chi connectivity index (χ0v) is 13.2. The number of methoxy groups -OCH3 is 1. The Morgan fingerprint density at radius 2 is 2.13 bits per heavy atom. The van der Waals surface area contributed by atoms with E-state index in [0.29, 0.717) is 18.0 Å². The molecule has 0 fully saturated rings. The van der Waals surface area contributed by atoms with Crippen LogP contribution in [0, 0.1) is 12.7 Å². The summed E-state index contributed by atoms with van der Waals surface area (Å²) in [4.78, 5) is 15.5. The molecule has 2 rings (SSSR count). The van der Waals surface area contributed by atoms with Gasteiger partial charge in [0.2, 0.25) is 0 Å². The molecule has 0 saturated heterocycles. The van der Waals surface area contributed by atoms with Gasteiger partial charge in [0, 0.05) is 14.2 Å². The summed E-state index contributed by atoms with van der Waals surface area (Å²) in [7, 11) is 3.12. The van der Waals surface area contributed by atoms with Crippen molar-refractivity contribution in [3.8, 4) is 17.4 Å². The fourth-order valence-electron chi connectivity index (χ4n) is 1.86. The number of rotatable bonds is 7. The van der Waals surface area contributed by atoms with Crippen molar-refractivity contribution in [3.05, 3.63) is 29.6 Å². The molecule has 0 aliphatic rings. The molecule has 0 spiro atoms. The van der Waals surface area contributed by atoms with Gasteiger partial charge in [0.05, 0.1) is 12.2 Å². The van der Waals surface area contributed by atoms with E-state index in [-0.39, 0.29) is 19.2 Å². The first kappa shape index (κ1) is 16.9. The molecule has 124 valence electrons. The predicted molar refractivity (Wildman–Crippen MR) is 79.5 cm³/mol. The number of ether oxygens (including phenoxy) is 3. The average molecular weight is 323 g/mol. The molecule has 1 aromatic heterocycles. The van der Waals surface area contributed by atoms with Crippen LogP contribution in [0.4, 0.5) is 4.39 Å². The van der Waals surface area contributed by atoms with Crippen molar-refractivity contribution < 1.29 is 23.4 Å². The van der Waals surface area contributed by atoms with E-state index in [1.54, 1.807) is 26.1 Å². The average Bonchev–Trinajstić information content (AvgIpc) is 2.86. The molecule has 8 heteroatoms. The van der Waals surface area contributed by atoms with E-state index in [2.05, 4.69) is 10.1 Å². The first-order valence-corrected chi connectivity index (χ1v) is 6.96. The number of hydrogen-bond acceptors (Lipinski definition) is 6. The van der Waals surface area contributed by atoms with Gasteiger partial charge < -0.3 is 14.2 Å². The molecule has 0 bridgehead atoms.